The van der Waals surface area contributed by atoms with Crippen LogP contribution in [0.3, 0.4) is 0 Å². The Hall–Kier alpha value is -3.56. The maximum Gasteiger partial charge on any atom is 0.270 e. The van der Waals surface area contributed by atoms with Crippen LogP contribution >= 0.6 is 0 Å². The minimum atomic E-state index is -1.07. The molecule has 7 nitrogen and oxygen atoms in total. The molecule has 1 heterocycles. The highest BCUT2D eigenvalue weighted by atomic mass is 19.1. The van der Waals surface area contributed by atoms with Crippen molar-refractivity contribution in [3.05, 3.63) is 88.6 Å². The zero-order valence-corrected chi connectivity index (χ0v) is 22.0. The molecule has 0 saturated heterocycles. The van der Waals surface area contributed by atoms with E-state index in [0.717, 1.165) is 18.1 Å². The molecule has 0 aliphatic heterocycles. The number of pyridine rings is 1. The van der Waals surface area contributed by atoms with Crippen LogP contribution in [0.25, 0.3) is 0 Å². The number of aliphatic hydroxyl groups is 1. The smallest absolute Gasteiger partial charge is 0.270 e. The topological polar surface area (TPSA) is 92.7 Å². The van der Waals surface area contributed by atoms with Gasteiger partial charge in [0.05, 0.1) is 25.4 Å². The third-order valence-electron chi connectivity index (χ3n) is 5.85. The van der Waals surface area contributed by atoms with Gasteiger partial charge >= 0.3 is 0 Å². The van der Waals surface area contributed by atoms with E-state index in [0.29, 0.717) is 31.1 Å². The van der Waals surface area contributed by atoms with E-state index in [-0.39, 0.29) is 24.5 Å². The van der Waals surface area contributed by atoms with Gasteiger partial charge in [0.1, 0.15) is 23.1 Å². The summed E-state index contributed by atoms with van der Waals surface area (Å²) in [6.07, 6.45) is -0.155. The Morgan fingerprint density at radius 1 is 0.947 bits per heavy atom. The van der Waals surface area contributed by atoms with Crippen LogP contribution in [0.15, 0.2) is 54.6 Å². The molecule has 2 atom stereocenters. The summed E-state index contributed by atoms with van der Waals surface area (Å²) >= 11 is 0. The van der Waals surface area contributed by atoms with Gasteiger partial charge < -0.3 is 25.2 Å². The molecule has 0 aliphatic rings. The summed E-state index contributed by atoms with van der Waals surface area (Å²) in [5, 5.41) is 17.0. The number of aryl methyl sites for hydroxylation is 1. The molecule has 9 heteroatoms. The fraction of sp³-hybridized carbons (Fsp3) is 0.379. The van der Waals surface area contributed by atoms with E-state index in [1.165, 1.54) is 23.8 Å². The van der Waals surface area contributed by atoms with E-state index in [2.05, 4.69) is 28.6 Å². The molecule has 2 aromatic carbocycles. The van der Waals surface area contributed by atoms with Gasteiger partial charge in [-0.3, -0.25) is 4.79 Å². The lowest BCUT2D eigenvalue weighted by Gasteiger charge is -2.25. The Kier molecular flexibility index (Phi) is 11.0. The first-order valence-corrected chi connectivity index (χ1v) is 12.8. The molecule has 0 bridgehead atoms. The molecule has 0 fully saturated rings. The summed E-state index contributed by atoms with van der Waals surface area (Å²) in [7, 11) is 0. The number of amides is 1. The van der Waals surface area contributed by atoms with Gasteiger partial charge in [0.15, 0.2) is 0 Å². The van der Waals surface area contributed by atoms with Crippen molar-refractivity contribution in [3.8, 4) is 11.6 Å². The molecule has 204 valence electrons. The van der Waals surface area contributed by atoms with Crippen LogP contribution < -0.4 is 20.1 Å². The average Bonchev–Trinajstić information content (AvgIpc) is 2.88. The Bertz CT molecular complexity index is 1160. The molecule has 0 spiro atoms. The van der Waals surface area contributed by atoms with Crippen molar-refractivity contribution in [1.29, 1.82) is 0 Å². The van der Waals surface area contributed by atoms with Gasteiger partial charge in [-0.1, -0.05) is 31.2 Å². The van der Waals surface area contributed by atoms with Crippen molar-refractivity contribution in [2.75, 3.05) is 19.8 Å². The minimum absolute atomic E-state index is 0.00193. The number of rotatable bonds is 14. The molecule has 0 saturated carbocycles. The lowest BCUT2D eigenvalue weighted by molar-refractivity contribution is 0.0824. The van der Waals surface area contributed by atoms with Crippen LogP contribution in [0.1, 0.15) is 48.0 Å². The number of aromatic nitrogens is 1. The van der Waals surface area contributed by atoms with Crippen molar-refractivity contribution in [3.63, 3.8) is 0 Å². The van der Waals surface area contributed by atoms with E-state index in [1.54, 1.807) is 13.0 Å². The second kappa shape index (κ2) is 14.4. The molecule has 3 N–H and O–H groups in total. The van der Waals surface area contributed by atoms with E-state index in [9.17, 15) is 18.7 Å². The number of carbonyl (C=O) groups is 1. The molecule has 0 radical (unpaired) electrons. The van der Waals surface area contributed by atoms with Crippen molar-refractivity contribution >= 4 is 5.91 Å². The number of benzene rings is 2. The second-order valence-electron chi connectivity index (χ2n) is 8.83. The normalized spacial score (nSPS) is 12.6. The highest BCUT2D eigenvalue weighted by Gasteiger charge is 2.24. The Labute approximate surface area is 222 Å². The SMILES string of the molecule is CCOc1cc(OCC)nc(C(=O)N[C@@H](Cc2cc(F)cc(F)c2)[C@H](O)CNCc2cccc(CC)c2)c1. The van der Waals surface area contributed by atoms with Crippen LogP contribution in [0.4, 0.5) is 8.78 Å². The molecule has 38 heavy (non-hydrogen) atoms. The number of hydrogen-bond donors (Lipinski definition) is 3. The maximum atomic E-state index is 13.9. The first kappa shape index (κ1) is 29.0. The van der Waals surface area contributed by atoms with Gasteiger partial charge in [0.2, 0.25) is 5.88 Å². The molecule has 0 unspecified atom stereocenters. The predicted molar refractivity (Wildman–Crippen MR) is 141 cm³/mol. The lowest BCUT2D eigenvalue weighted by Crippen LogP contribution is -2.48. The molecular formula is C29H35F2N3O4. The number of nitrogens with zero attached hydrogens (tertiary/aromatic N) is 1. The second-order valence-corrected chi connectivity index (χ2v) is 8.83. The van der Waals surface area contributed by atoms with Crippen molar-refractivity contribution < 1.29 is 28.2 Å². The molecule has 3 aromatic rings. The fourth-order valence-electron chi connectivity index (χ4n) is 4.04. The van der Waals surface area contributed by atoms with Crippen molar-refractivity contribution in [1.82, 2.24) is 15.6 Å². The van der Waals surface area contributed by atoms with E-state index < -0.39 is 29.7 Å². The fourth-order valence-corrected chi connectivity index (χ4v) is 4.04. The third-order valence-corrected chi connectivity index (χ3v) is 5.85. The predicted octanol–water partition coefficient (Wildman–Crippen LogP) is 4.21. The highest BCUT2D eigenvalue weighted by molar-refractivity contribution is 5.93. The van der Waals surface area contributed by atoms with Crippen LogP contribution in [-0.2, 0) is 19.4 Å². The molecule has 1 aromatic heterocycles. The van der Waals surface area contributed by atoms with Crippen LogP contribution in [0.2, 0.25) is 0 Å². The van der Waals surface area contributed by atoms with Crippen molar-refractivity contribution in [2.24, 2.45) is 0 Å². The summed E-state index contributed by atoms with van der Waals surface area (Å²) in [4.78, 5) is 17.4. The van der Waals surface area contributed by atoms with Crippen LogP contribution in [0, 0.1) is 11.6 Å². The number of ether oxygens (including phenoxy) is 2. The molecular weight excluding hydrogens is 492 g/mol. The van der Waals surface area contributed by atoms with Gasteiger partial charge in [0, 0.05) is 31.3 Å². The summed E-state index contributed by atoms with van der Waals surface area (Å²) < 4.78 is 38.7. The average molecular weight is 528 g/mol. The van der Waals surface area contributed by atoms with Crippen LogP contribution in [-0.4, -0.2) is 47.9 Å². The summed E-state index contributed by atoms with van der Waals surface area (Å²) in [5.41, 5.74) is 2.60. The number of aliphatic hydroxyl groups excluding tert-OH is 1. The van der Waals surface area contributed by atoms with Gasteiger partial charge in [0.25, 0.3) is 5.91 Å². The van der Waals surface area contributed by atoms with E-state index in [1.807, 2.05) is 25.1 Å². The number of halogens is 2. The van der Waals surface area contributed by atoms with Crippen LogP contribution in [0.5, 0.6) is 11.6 Å². The van der Waals surface area contributed by atoms with Gasteiger partial charge in [-0.25, -0.2) is 13.8 Å². The Morgan fingerprint density at radius 3 is 2.34 bits per heavy atom. The quantitative estimate of drug-likeness (QED) is 0.291. The first-order valence-electron chi connectivity index (χ1n) is 12.8. The maximum absolute atomic E-state index is 13.9. The summed E-state index contributed by atoms with van der Waals surface area (Å²) in [6, 6.07) is 13.4. The number of carbonyl (C=O) groups excluding carboxylic acids is 1. The van der Waals surface area contributed by atoms with Gasteiger partial charge in [-0.05, 0) is 55.5 Å². The number of nitrogens with one attached hydrogen (secondary N) is 2. The van der Waals surface area contributed by atoms with E-state index in [4.69, 9.17) is 9.47 Å². The number of hydrogen-bond acceptors (Lipinski definition) is 6. The zero-order chi connectivity index (χ0) is 27.5. The van der Waals surface area contributed by atoms with E-state index >= 15 is 0 Å². The van der Waals surface area contributed by atoms with Gasteiger partial charge in [-0.15, -0.1) is 0 Å². The molecule has 3 rings (SSSR count). The minimum Gasteiger partial charge on any atom is -0.494 e. The molecule has 1 amide bonds. The lowest BCUT2D eigenvalue weighted by atomic mass is 10.00. The highest BCUT2D eigenvalue weighted by Crippen LogP contribution is 2.20. The molecule has 0 aliphatic carbocycles. The first-order chi connectivity index (χ1) is 18.3. The van der Waals surface area contributed by atoms with Crippen molar-refractivity contribution in [2.45, 2.75) is 52.3 Å². The largest absolute Gasteiger partial charge is 0.494 e. The monoisotopic (exact) mass is 527 g/mol. The third kappa shape index (κ3) is 8.78. The Balaban J connectivity index is 1.78. The standard InChI is InChI=1S/C29H35F2N3O4/c1-4-19-8-7-9-20(10-19)17-32-18-27(35)25(13-21-11-22(30)14-23(31)12-21)34-29(36)26-15-24(37-5-2)16-28(33-26)38-6-3/h7-12,14-16,25,27,32,35H,4-6,13,17-18H2,1-3H3,(H,34,36)/t25-,27+/m0/s1. The van der Waals surface area contributed by atoms with Gasteiger partial charge in [-0.2, -0.15) is 0 Å². The Morgan fingerprint density at radius 2 is 1.66 bits per heavy atom. The summed E-state index contributed by atoms with van der Waals surface area (Å²) in [5.74, 6) is -1.41. The zero-order valence-electron chi connectivity index (χ0n) is 22.0. The summed E-state index contributed by atoms with van der Waals surface area (Å²) in [6.45, 7) is 7.07.